The summed E-state index contributed by atoms with van der Waals surface area (Å²) in [6, 6.07) is 0. The molecule has 0 rings (SSSR count). The van der Waals surface area contributed by atoms with E-state index >= 15 is 0 Å². The van der Waals surface area contributed by atoms with Crippen molar-refractivity contribution in [2.45, 2.75) is 46.6 Å². The predicted octanol–water partition coefficient (Wildman–Crippen LogP) is 1.62. The van der Waals surface area contributed by atoms with Crippen LogP contribution in [0.3, 0.4) is 0 Å². The first-order valence-corrected chi connectivity index (χ1v) is 7.95. The molecule has 2 N–H and O–H groups in total. The maximum absolute atomic E-state index is 11.7. The van der Waals surface area contributed by atoms with Gasteiger partial charge in [-0.2, -0.15) is 0 Å². The minimum absolute atomic E-state index is 0. The molecule has 0 heterocycles. The third-order valence-corrected chi connectivity index (χ3v) is 2.59. The molecule has 0 aromatic rings. The molecule has 0 fully saturated rings. The van der Waals surface area contributed by atoms with Crippen LogP contribution in [0.4, 0.5) is 0 Å². The third kappa shape index (κ3) is 14.5. The van der Waals surface area contributed by atoms with Gasteiger partial charge in [0.2, 0.25) is 5.91 Å². The molecule has 8 heteroatoms. The summed E-state index contributed by atoms with van der Waals surface area (Å²) in [7, 11) is 3.38. The Bertz CT molecular complexity index is 418. The van der Waals surface area contributed by atoms with Crippen LogP contribution >= 0.6 is 24.0 Å². The molecule has 142 valence electrons. The van der Waals surface area contributed by atoms with E-state index in [1.165, 1.54) is 4.90 Å². The Labute approximate surface area is 163 Å². The van der Waals surface area contributed by atoms with Gasteiger partial charge in [0, 0.05) is 27.2 Å². The Balaban J connectivity index is 0. The van der Waals surface area contributed by atoms with Crippen molar-refractivity contribution in [3.05, 3.63) is 0 Å². The monoisotopic (exact) mass is 456 g/mol. The second-order valence-corrected chi connectivity index (χ2v) is 6.99. The highest BCUT2D eigenvalue weighted by molar-refractivity contribution is 14.0. The molecule has 0 spiro atoms. The highest BCUT2D eigenvalue weighted by atomic mass is 127. The predicted molar refractivity (Wildman–Crippen MR) is 108 cm³/mol. The summed E-state index contributed by atoms with van der Waals surface area (Å²) in [4.78, 5) is 29.0. The summed E-state index contributed by atoms with van der Waals surface area (Å²) in [6.07, 6.45) is 0.237. The lowest BCUT2D eigenvalue weighted by atomic mass is 10.2. The quantitative estimate of drug-likeness (QED) is 0.263. The van der Waals surface area contributed by atoms with Crippen molar-refractivity contribution in [2.24, 2.45) is 10.9 Å². The lowest BCUT2D eigenvalue weighted by molar-refractivity contribution is -0.154. The van der Waals surface area contributed by atoms with E-state index in [0.29, 0.717) is 18.4 Å². The first kappa shape index (κ1) is 25.2. The van der Waals surface area contributed by atoms with Gasteiger partial charge in [0.1, 0.15) is 12.1 Å². The molecule has 0 unspecified atom stereocenters. The molecular weight excluding hydrogens is 423 g/mol. The van der Waals surface area contributed by atoms with Gasteiger partial charge in [-0.25, -0.2) is 4.99 Å². The molecule has 0 saturated carbocycles. The summed E-state index contributed by atoms with van der Waals surface area (Å²) < 4.78 is 5.25. The van der Waals surface area contributed by atoms with Gasteiger partial charge in [-0.05, 0) is 26.7 Å². The number of likely N-dealkylation sites (N-methyl/N-ethyl adjacent to an activating group) is 1. The van der Waals surface area contributed by atoms with Gasteiger partial charge < -0.3 is 20.3 Å². The fourth-order valence-electron chi connectivity index (χ4n) is 1.44. The van der Waals surface area contributed by atoms with E-state index in [4.69, 9.17) is 4.74 Å². The van der Waals surface area contributed by atoms with Crippen LogP contribution in [0.5, 0.6) is 0 Å². The number of guanidine groups is 1. The van der Waals surface area contributed by atoms with Gasteiger partial charge in [-0.3, -0.25) is 9.59 Å². The molecule has 0 aromatic carbocycles. The van der Waals surface area contributed by atoms with E-state index in [1.54, 1.807) is 14.1 Å². The Morgan fingerprint density at radius 3 is 2.21 bits per heavy atom. The van der Waals surface area contributed by atoms with Crippen LogP contribution in [0.15, 0.2) is 4.99 Å². The molecular formula is C16H33IN4O3. The van der Waals surface area contributed by atoms with Crippen LogP contribution in [0.25, 0.3) is 0 Å². The zero-order valence-corrected chi connectivity index (χ0v) is 18.3. The van der Waals surface area contributed by atoms with Crippen molar-refractivity contribution in [3.8, 4) is 0 Å². The number of carbonyl (C=O) groups excluding carboxylic acids is 2. The number of ether oxygens (including phenoxy) is 1. The Morgan fingerprint density at radius 1 is 1.17 bits per heavy atom. The molecule has 1 amide bonds. The fourth-order valence-corrected chi connectivity index (χ4v) is 1.44. The molecule has 7 nitrogen and oxygen atoms in total. The third-order valence-electron chi connectivity index (χ3n) is 2.59. The molecule has 24 heavy (non-hydrogen) atoms. The lowest BCUT2D eigenvalue weighted by Gasteiger charge is -2.20. The first-order chi connectivity index (χ1) is 10.5. The van der Waals surface area contributed by atoms with E-state index in [2.05, 4.69) is 29.5 Å². The molecule has 0 bridgehead atoms. The lowest BCUT2D eigenvalue weighted by Crippen LogP contribution is -2.41. The van der Waals surface area contributed by atoms with Gasteiger partial charge in [-0.1, -0.05) is 13.8 Å². The number of carbonyl (C=O) groups is 2. The zero-order chi connectivity index (χ0) is 18.0. The van der Waals surface area contributed by atoms with Gasteiger partial charge in [0.25, 0.3) is 0 Å². The highest BCUT2D eigenvalue weighted by Crippen LogP contribution is 2.07. The van der Waals surface area contributed by atoms with Crippen molar-refractivity contribution in [1.82, 2.24) is 15.5 Å². The number of hydrogen-bond acceptors (Lipinski definition) is 4. The summed E-state index contributed by atoms with van der Waals surface area (Å²) >= 11 is 0. The molecule has 0 aliphatic carbocycles. The number of rotatable bonds is 7. The number of amides is 1. The van der Waals surface area contributed by atoms with Crippen molar-refractivity contribution >= 4 is 41.8 Å². The maximum Gasteiger partial charge on any atom is 0.308 e. The van der Waals surface area contributed by atoms with Gasteiger partial charge in [-0.15, -0.1) is 24.0 Å². The molecule has 0 atom stereocenters. The zero-order valence-electron chi connectivity index (χ0n) is 15.9. The summed E-state index contributed by atoms with van der Waals surface area (Å²) in [5, 5.41) is 6.20. The van der Waals surface area contributed by atoms with Crippen molar-refractivity contribution < 1.29 is 14.3 Å². The van der Waals surface area contributed by atoms with Crippen LogP contribution in [-0.2, 0) is 14.3 Å². The van der Waals surface area contributed by atoms with E-state index in [0.717, 1.165) is 6.54 Å². The molecule has 0 aliphatic heterocycles. The normalized spacial score (nSPS) is 11.6. The Morgan fingerprint density at radius 2 is 1.75 bits per heavy atom. The SMILES string of the molecule is CC(C)CNC(=NCC(=O)N(C)C)NCCC(=O)OC(C)(C)C.I. The molecule has 0 radical (unpaired) electrons. The largest absolute Gasteiger partial charge is 0.460 e. The average Bonchev–Trinajstić information content (AvgIpc) is 2.38. The second kappa shape index (κ2) is 12.3. The van der Waals surface area contributed by atoms with Crippen LogP contribution in [-0.4, -0.2) is 62.1 Å². The van der Waals surface area contributed by atoms with Crippen LogP contribution in [0.1, 0.15) is 41.0 Å². The van der Waals surface area contributed by atoms with Gasteiger partial charge >= 0.3 is 5.97 Å². The Kier molecular flexibility index (Phi) is 12.9. The van der Waals surface area contributed by atoms with E-state index < -0.39 is 5.60 Å². The second-order valence-electron chi connectivity index (χ2n) is 6.99. The summed E-state index contributed by atoms with van der Waals surface area (Å²) in [5.41, 5.74) is -0.484. The minimum Gasteiger partial charge on any atom is -0.460 e. The van der Waals surface area contributed by atoms with Gasteiger partial charge in [0.05, 0.1) is 6.42 Å². The van der Waals surface area contributed by atoms with Crippen molar-refractivity contribution in [1.29, 1.82) is 0 Å². The highest BCUT2D eigenvalue weighted by Gasteiger charge is 2.15. The van der Waals surface area contributed by atoms with E-state index in [-0.39, 0.29) is 48.8 Å². The Hall–Kier alpha value is -1.06. The average molecular weight is 456 g/mol. The van der Waals surface area contributed by atoms with Crippen LogP contribution < -0.4 is 10.6 Å². The summed E-state index contributed by atoms with van der Waals surface area (Å²) in [5.74, 6) is 0.621. The van der Waals surface area contributed by atoms with E-state index in [1.807, 2.05) is 20.8 Å². The first-order valence-electron chi connectivity index (χ1n) is 7.95. The molecule has 0 saturated heterocycles. The van der Waals surface area contributed by atoms with Crippen molar-refractivity contribution in [3.63, 3.8) is 0 Å². The topological polar surface area (TPSA) is 83.0 Å². The summed E-state index contributed by atoms with van der Waals surface area (Å²) in [6.45, 7) is 10.9. The number of hydrogen-bond donors (Lipinski definition) is 2. The van der Waals surface area contributed by atoms with Gasteiger partial charge in [0.15, 0.2) is 5.96 Å². The molecule has 0 aromatic heterocycles. The molecule has 0 aliphatic rings. The number of nitrogens with one attached hydrogen (secondary N) is 2. The van der Waals surface area contributed by atoms with Crippen molar-refractivity contribution in [2.75, 3.05) is 33.7 Å². The van der Waals surface area contributed by atoms with Crippen LogP contribution in [0, 0.1) is 5.92 Å². The van der Waals surface area contributed by atoms with E-state index in [9.17, 15) is 9.59 Å². The smallest absolute Gasteiger partial charge is 0.308 e. The maximum atomic E-state index is 11.7. The number of esters is 1. The van der Waals surface area contributed by atoms with Crippen LogP contribution in [0.2, 0.25) is 0 Å². The fraction of sp³-hybridized carbons (Fsp3) is 0.812. The number of halogens is 1. The standard InChI is InChI=1S/C16H32N4O3.HI/c1-12(2)10-18-15(19-11-13(21)20(6)7)17-9-8-14(22)23-16(3,4)5;/h12H,8-11H2,1-7H3,(H2,17,18,19);1H. The minimum atomic E-state index is -0.484. The number of aliphatic imine (C=N–C) groups is 1. The number of nitrogens with zero attached hydrogens (tertiary/aromatic N) is 2.